The van der Waals surface area contributed by atoms with E-state index in [1.807, 2.05) is 47.9 Å². The zero-order valence-corrected chi connectivity index (χ0v) is 15.1. The van der Waals surface area contributed by atoms with E-state index in [2.05, 4.69) is 19.2 Å². The van der Waals surface area contributed by atoms with Crippen LogP contribution < -0.4 is 10.1 Å². The molecule has 2 aromatic heterocycles. The van der Waals surface area contributed by atoms with E-state index in [4.69, 9.17) is 9.15 Å². The quantitative estimate of drug-likeness (QED) is 0.738. The molecule has 0 unspecified atom stereocenters. The number of hydrogen-bond donors (Lipinski definition) is 1. The molecular formula is C20H24N2O3. The van der Waals surface area contributed by atoms with Crippen LogP contribution in [0.4, 0.5) is 0 Å². The second kappa shape index (κ2) is 7.05. The van der Waals surface area contributed by atoms with Gasteiger partial charge in [-0.25, -0.2) is 0 Å². The number of benzene rings is 1. The number of aromatic nitrogens is 1. The molecule has 0 radical (unpaired) electrons. The fraction of sp³-hybridized carbons (Fsp3) is 0.350. The van der Waals surface area contributed by atoms with Gasteiger partial charge in [-0.05, 0) is 30.5 Å². The standard InChI is InChI=1S/C20H24N2O3/c1-13(2)11-21-20(23)18-10-19-17(8-14(3)25-19)22(18)12-15-6-5-7-16(9-15)24-4/h5-10,13H,11-12H2,1-4H3,(H,21,23). The number of fused-ring (bicyclic) bond motifs is 1. The number of carbonyl (C=O) groups excluding carboxylic acids is 1. The molecule has 0 aliphatic heterocycles. The van der Waals surface area contributed by atoms with Crippen molar-refractivity contribution in [3.8, 4) is 5.75 Å². The predicted molar refractivity (Wildman–Crippen MR) is 98.2 cm³/mol. The van der Waals surface area contributed by atoms with E-state index in [-0.39, 0.29) is 5.91 Å². The number of aryl methyl sites for hydroxylation is 1. The Morgan fingerprint density at radius 2 is 2.08 bits per heavy atom. The van der Waals surface area contributed by atoms with Crippen molar-refractivity contribution in [3.05, 3.63) is 53.4 Å². The van der Waals surface area contributed by atoms with E-state index in [0.717, 1.165) is 28.2 Å². The Balaban J connectivity index is 1.98. The maximum absolute atomic E-state index is 12.6. The highest BCUT2D eigenvalue weighted by Crippen LogP contribution is 2.25. The highest BCUT2D eigenvalue weighted by molar-refractivity contribution is 5.97. The largest absolute Gasteiger partial charge is 0.497 e. The second-order valence-electron chi connectivity index (χ2n) is 6.68. The fourth-order valence-corrected chi connectivity index (χ4v) is 2.86. The van der Waals surface area contributed by atoms with E-state index >= 15 is 0 Å². The van der Waals surface area contributed by atoms with Crippen molar-refractivity contribution in [2.45, 2.75) is 27.3 Å². The zero-order valence-electron chi connectivity index (χ0n) is 15.1. The number of methoxy groups -OCH3 is 1. The van der Waals surface area contributed by atoms with Crippen molar-refractivity contribution in [3.63, 3.8) is 0 Å². The van der Waals surface area contributed by atoms with Gasteiger partial charge in [-0.15, -0.1) is 0 Å². The zero-order chi connectivity index (χ0) is 18.0. The summed E-state index contributed by atoms with van der Waals surface area (Å²) >= 11 is 0. The summed E-state index contributed by atoms with van der Waals surface area (Å²) in [6, 6.07) is 11.7. The Labute approximate surface area is 147 Å². The first-order valence-electron chi connectivity index (χ1n) is 8.48. The number of carbonyl (C=O) groups is 1. The summed E-state index contributed by atoms with van der Waals surface area (Å²) in [6.45, 7) is 7.28. The molecule has 0 spiro atoms. The van der Waals surface area contributed by atoms with Gasteiger partial charge in [-0.3, -0.25) is 4.79 Å². The second-order valence-corrected chi connectivity index (χ2v) is 6.68. The lowest BCUT2D eigenvalue weighted by Crippen LogP contribution is -2.29. The average Bonchev–Trinajstić information content (AvgIpc) is 3.10. The molecule has 0 aliphatic carbocycles. The molecule has 5 heteroatoms. The summed E-state index contributed by atoms with van der Waals surface area (Å²) in [7, 11) is 1.65. The van der Waals surface area contributed by atoms with Crippen molar-refractivity contribution in [1.82, 2.24) is 9.88 Å². The average molecular weight is 340 g/mol. The fourth-order valence-electron chi connectivity index (χ4n) is 2.86. The number of rotatable bonds is 6. The van der Waals surface area contributed by atoms with Gasteiger partial charge < -0.3 is 19.0 Å². The minimum Gasteiger partial charge on any atom is -0.497 e. The van der Waals surface area contributed by atoms with E-state index in [9.17, 15) is 4.79 Å². The molecule has 0 saturated heterocycles. The van der Waals surface area contributed by atoms with Crippen LogP contribution in [0.2, 0.25) is 0 Å². The van der Waals surface area contributed by atoms with Gasteiger partial charge >= 0.3 is 0 Å². The summed E-state index contributed by atoms with van der Waals surface area (Å²) in [6.07, 6.45) is 0. The van der Waals surface area contributed by atoms with Crippen molar-refractivity contribution in [1.29, 1.82) is 0 Å². The molecule has 1 aromatic carbocycles. The Morgan fingerprint density at radius 1 is 1.28 bits per heavy atom. The summed E-state index contributed by atoms with van der Waals surface area (Å²) in [5.41, 5.74) is 3.33. The molecule has 3 rings (SSSR count). The van der Waals surface area contributed by atoms with Gasteiger partial charge in [0.05, 0.1) is 12.6 Å². The Hall–Kier alpha value is -2.69. The molecule has 132 valence electrons. The third-order valence-electron chi connectivity index (χ3n) is 4.09. The highest BCUT2D eigenvalue weighted by atomic mass is 16.5. The third-order valence-corrected chi connectivity index (χ3v) is 4.09. The van der Waals surface area contributed by atoms with Gasteiger partial charge in [0.15, 0.2) is 5.58 Å². The van der Waals surface area contributed by atoms with Gasteiger partial charge in [0, 0.05) is 25.2 Å². The van der Waals surface area contributed by atoms with Gasteiger partial charge in [0.2, 0.25) is 0 Å². The Kier molecular flexibility index (Phi) is 4.83. The van der Waals surface area contributed by atoms with Gasteiger partial charge in [0.25, 0.3) is 5.91 Å². The van der Waals surface area contributed by atoms with Crippen LogP contribution in [-0.4, -0.2) is 24.1 Å². The van der Waals surface area contributed by atoms with Crippen molar-refractivity contribution in [2.24, 2.45) is 5.92 Å². The molecule has 5 nitrogen and oxygen atoms in total. The number of hydrogen-bond acceptors (Lipinski definition) is 3. The number of furan rings is 1. The normalized spacial score (nSPS) is 11.2. The van der Waals surface area contributed by atoms with Crippen molar-refractivity contribution in [2.75, 3.05) is 13.7 Å². The van der Waals surface area contributed by atoms with Crippen LogP contribution in [0.3, 0.4) is 0 Å². The van der Waals surface area contributed by atoms with Crippen LogP contribution in [0, 0.1) is 12.8 Å². The van der Waals surface area contributed by atoms with E-state index in [0.29, 0.717) is 24.7 Å². The van der Waals surface area contributed by atoms with Crippen LogP contribution in [0.5, 0.6) is 5.75 Å². The maximum Gasteiger partial charge on any atom is 0.268 e. The summed E-state index contributed by atoms with van der Waals surface area (Å²) < 4.78 is 13.0. The van der Waals surface area contributed by atoms with Crippen LogP contribution in [0.1, 0.15) is 35.7 Å². The minimum absolute atomic E-state index is 0.0827. The number of nitrogens with one attached hydrogen (secondary N) is 1. The first kappa shape index (κ1) is 17.1. The number of amides is 1. The molecule has 25 heavy (non-hydrogen) atoms. The van der Waals surface area contributed by atoms with Crippen LogP contribution in [-0.2, 0) is 6.54 Å². The van der Waals surface area contributed by atoms with E-state index in [1.54, 1.807) is 7.11 Å². The van der Waals surface area contributed by atoms with Gasteiger partial charge in [0.1, 0.15) is 17.2 Å². The summed E-state index contributed by atoms with van der Waals surface area (Å²) in [4.78, 5) is 12.6. The smallest absolute Gasteiger partial charge is 0.268 e. The number of nitrogens with zero attached hydrogens (tertiary/aromatic N) is 1. The Morgan fingerprint density at radius 3 is 2.80 bits per heavy atom. The van der Waals surface area contributed by atoms with Crippen LogP contribution in [0.15, 0.2) is 40.8 Å². The lowest BCUT2D eigenvalue weighted by atomic mass is 10.2. The Bertz CT molecular complexity index is 890. The number of ether oxygens (including phenoxy) is 1. The van der Waals surface area contributed by atoms with Gasteiger partial charge in [-0.1, -0.05) is 26.0 Å². The molecule has 0 atom stereocenters. The van der Waals surface area contributed by atoms with Crippen molar-refractivity contribution < 1.29 is 13.9 Å². The molecule has 0 aliphatic rings. The molecular weight excluding hydrogens is 316 g/mol. The third kappa shape index (κ3) is 3.71. The molecule has 3 aromatic rings. The minimum atomic E-state index is -0.0827. The lowest BCUT2D eigenvalue weighted by molar-refractivity contribution is 0.0940. The summed E-state index contributed by atoms with van der Waals surface area (Å²) in [5, 5.41) is 2.99. The topological polar surface area (TPSA) is 56.4 Å². The first-order valence-corrected chi connectivity index (χ1v) is 8.48. The molecule has 2 heterocycles. The van der Waals surface area contributed by atoms with Crippen LogP contribution in [0.25, 0.3) is 11.1 Å². The van der Waals surface area contributed by atoms with Gasteiger partial charge in [-0.2, -0.15) is 0 Å². The first-order chi connectivity index (χ1) is 12.0. The van der Waals surface area contributed by atoms with E-state index < -0.39 is 0 Å². The molecule has 0 fully saturated rings. The molecule has 1 amide bonds. The van der Waals surface area contributed by atoms with Crippen LogP contribution >= 0.6 is 0 Å². The lowest BCUT2D eigenvalue weighted by Gasteiger charge is -2.12. The SMILES string of the molecule is COc1cccc(Cn2c(C(=O)NCC(C)C)cc3oc(C)cc32)c1. The predicted octanol–water partition coefficient (Wildman–Crippen LogP) is 3.99. The molecule has 1 N–H and O–H groups in total. The molecule has 0 bridgehead atoms. The van der Waals surface area contributed by atoms with E-state index in [1.165, 1.54) is 0 Å². The summed E-state index contributed by atoms with van der Waals surface area (Å²) in [5.74, 6) is 1.95. The highest BCUT2D eigenvalue weighted by Gasteiger charge is 2.18. The van der Waals surface area contributed by atoms with Crippen molar-refractivity contribution >= 4 is 17.0 Å². The maximum atomic E-state index is 12.6. The monoisotopic (exact) mass is 340 g/mol. The molecule has 0 saturated carbocycles.